The average molecular weight is 402 g/mol. The van der Waals surface area contributed by atoms with Gasteiger partial charge in [0.25, 0.3) is 0 Å². The Labute approximate surface area is 115 Å². The smallest absolute Gasteiger partial charge is 0.319 e. The maximum Gasteiger partial charge on any atom is 0.319 e. The van der Waals surface area contributed by atoms with E-state index in [2.05, 4.69) is 0 Å². The molecule has 0 aromatic carbocycles. The second kappa shape index (κ2) is 9.39. The number of hydrogen-bond acceptors (Lipinski definition) is 4. The zero-order chi connectivity index (χ0) is 9.56. The molecule has 0 saturated carbocycles. The first-order valence-corrected chi connectivity index (χ1v) is 4.17. The third-order valence-corrected chi connectivity index (χ3v) is 1.52. The van der Waals surface area contributed by atoms with Gasteiger partial charge in [-0.25, -0.2) is 0 Å². The van der Waals surface area contributed by atoms with E-state index in [1.54, 1.807) is 6.92 Å². The van der Waals surface area contributed by atoms with Crippen LogP contribution in [0.2, 0.25) is 0 Å². The van der Waals surface area contributed by atoms with Gasteiger partial charge in [0.15, 0.2) is 0 Å². The zero-order valence-corrected chi connectivity index (χ0v) is 12.9. The summed E-state index contributed by atoms with van der Waals surface area (Å²) in [5.74, 6) is -0.414. The number of hydrogen-bond donors (Lipinski definition) is 2. The largest absolute Gasteiger partial charge is 0.461 e. The molecule has 0 aliphatic carbocycles. The maximum absolute atomic E-state index is 10.7. The molecule has 0 aliphatic rings. The molecule has 0 amide bonds. The molecule has 0 heterocycles. The van der Waals surface area contributed by atoms with E-state index >= 15 is 0 Å². The molecule has 0 aromatic heterocycles. The maximum atomic E-state index is 10.7. The van der Waals surface area contributed by atoms with Crippen LogP contribution in [0.3, 0.4) is 0 Å². The van der Waals surface area contributed by atoms with Gasteiger partial charge >= 0.3 is 5.97 Å². The van der Waals surface area contributed by atoms with Crippen LogP contribution in [0, 0.1) is 44.1 Å². The Hall–Kier alpha value is 0.832. The molecule has 0 aliphatic heterocycles. The van der Waals surface area contributed by atoms with Crippen molar-refractivity contribution in [3.63, 3.8) is 0 Å². The number of esters is 1. The van der Waals surface area contributed by atoms with E-state index in [9.17, 15) is 4.79 Å². The third-order valence-electron chi connectivity index (χ3n) is 1.52. The van der Waals surface area contributed by atoms with Crippen LogP contribution in [0.4, 0.5) is 0 Å². The summed E-state index contributed by atoms with van der Waals surface area (Å²) in [6.07, 6.45) is 0.528. The number of aliphatic hydroxyl groups excluding tert-OH is 1. The number of ether oxygens (including phenoxy) is 1. The predicted molar refractivity (Wildman–Crippen MR) is 45.5 cm³/mol. The van der Waals surface area contributed by atoms with E-state index in [-0.39, 0.29) is 56.7 Å². The molecule has 2 unspecified atom stereocenters. The minimum atomic E-state index is -0.444. The Morgan fingerprint density at radius 3 is 2.46 bits per heavy atom. The van der Waals surface area contributed by atoms with Crippen molar-refractivity contribution in [2.75, 3.05) is 6.54 Å². The number of aliphatic hydroxyl groups is 1. The van der Waals surface area contributed by atoms with Crippen molar-refractivity contribution < 1.29 is 58.7 Å². The fourth-order valence-electron chi connectivity index (χ4n) is 0.913. The van der Waals surface area contributed by atoms with E-state index < -0.39 is 12.1 Å². The zero-order valence-electron chi connectivity index (χ0n) is 8.19. The molecule has 3 N–H and O–H groups in total. The van der Waals surface area contributed by atoms with Gasteiger partial charge in [0.1, 0.15) is 6.10 Å². The van der Waals surface area contributed by atoms with Crippen molar-refractivity contribution in [3.05, 3.63) is 0 Å². The molecule has 4 nitrogen and oxygen atoms in total. The molecule has 0 aromatic rings. The van der Waals surface area contributed by atoms with Crippen molar-refractivity contribution in [1.29, 1.82) is 0 Å². The van der Waals surface area contributed by atoms with Crippen molar-refractivity contribution in [2.45, 2.75) is 38.9 Å². The minimum Gasteiger partial charge on any atom is -0.461 e. The molecule has 0 rings (SSSR count). The van der Waals surface area contributed by atoms with Gasteiger partial charge in [-0.2, -0.15) is 0 Å². The summed E-state index contributed by atoms with van der Waals surface area (Å²) >= 11 is 0. The van der Waals surface area contributed by atoms with Crippen LogP contribution < -0.4 is 5.73 Å². The van der Waals surface area contributed by atoms with Gasteiger partial charge in [-0.05, 0) is 13.3 Å². The molecule has 0 fully saturated rings. The van der Waals surface area contributed by atoms with Gasteiger partial charge in [0.2, 0.25) is 0 Å². The minimum absolute atomic E-state index is 0. The normalized spacial score (nSPS) is 14.2. The molecule has 75 valence electrons. The molecule has 2 atom stereocenters. The number of carbonyl (C=O) groups excluding carboxylic acids is 1. The van der Waals surface area contributed by atoms with Crippen molar-refractivity contribution in [2.24, 2.45) is 5.73 Å². The predicted octanol–water partition coefficient (Wildman–Crippen LogP) is 0.0378. The molecule has 1 radical (unpaired) electrons. The summed E-state index contributed by atoms with van der Waals surface area (Å²) in [5, 5.41) is 9.02. The summed E-state index contributed by atoms with van der Waals surface area (Å²) in [7, 11) is 0. The van der Waals surface area contributed by atoms with Gasteiger partial charge in [0.05, 0.1) is 12.6 Å². The van der Waals surface area contributed by atoms with Gasteiger partial charge in [-0.15, -0.1) is 0 Å². The Bertz CT molecular complexity index is 141. The van der Waals surface area contributed by atoms with Gasteiger partial charge in [-0.3, -0.25) is 4.79 Å². The molecule has 13 heavy (non-hydrogen) atoms. The summed E-state index contributed by atoms with van der Waals surface area (Å²) in [4.78, 5) is 10.7. The molecular weight excluding hydrogens is 385 g/mol. The summed E-state index contributed by atoms with van der Waals surface area (Å²) in [5.41, 5.74) is 5.07. The average Bonchev–Trinajstić information content (AvgIpc) is 2.02. The molecule has 0 spiro atoms. The van der Waals surface area contributed by atoms with Crippen LogP contribution in [-0.4, -0.2) is 29.8 Å². The van der Waals surface area contributed by atoms with Crippen LogP contribution in [0.5, 0.6) is 0 Å². The fraction of sp³-hybridized carbons (Fsp3) is 0.875. The number of nitrogens with two attached hydrogens (primary N) is 1. The van der Waals surface area contributed by atoms with Crippen LogP contribution in [0.15, 0.2) is 0 Å². The molecule has 5 heteroatoms. The first-order valence-electron chi connectivity index (χ1n) is 4.17. The molecular formula is C8H17AcNO3. The first-order chi connectivity index (χ1) is 5.60. The third kappa shape index (κ3) is 9.14. The summed E-state index contributed by atoms with van der Waals surface area (Å²) in [6.45, 7) is 3.46. The van der Waals surface area contributed by atoms with E-state index in [0.29, 0.717) is 12.8 Å². The Balaban J connectivity index is 0. The van der Waals surface area contributed by atoms with Crippen molar-refractivity contribution in [1.82, 2.24) is 0 Å². The summed E-state index contributed by atoms with van der Waals surface area (Å²) < 4.78 is 4.94. The van der Waals surface area contributed by atoms with Crippen LogP contribution in [-0.2, 0) is 9.53 Å². The van der Waals surface area contributed by atoms with E-state index in [1.165, 1.54) is 0 Å². The van der Waals surface area contributed by atoms with E-state index in [1.807, 2.05) is 6.92 Å². The Morgan fingerprint density at radius 2 is 2.15 bits per heavy atom. The second-order valence-corrected chi connectivity index (χ2v) is 2.81. The van der Waals surface area contributed by atoms with Crippen molar-refractivity contribution >= 4 is 5.97 Å². The SMILES string of the molecule is CCC(CC(C)O)OC(=O)CN.[Ac]. The summed E-state index contributed by atoms with van der Waals surface area (Å²) in [6, 6.07) is 0. The Kier molecular flexibility index (Phi) is 11.7. The van der Waals surface area contributed by atoms with Gasteiger partial charge < -0.3 is 15.6 Å². The first kappa shape index (κ1) is 16.3. The second-order valence-electron chi connectivity index (χ2n) is 2.81. The molecule has 0 bridgehead atoms. The number of rotatable bonds is 5. The molecule has 0 saturated heterocycles. The van der Waals surface area contributed by atoms with Crippen molar-refractivity contribution in [3.8, 4) is 0 Å². The van der Waals surface area contributed by atoms with Gasteiger partial charge in [0, 0.05) is 50.5 Å². The van der Waals surface area contributed by atoms with Crippen LogP contribution in [0.25, 0.3) is 0 Å². The topological polar surface area (TPSA) is 72.5 Å². The fourth-order valence-corrected chi connectivity index (χ4v) is 0.913. The number of carbonyl (C=O) groups is 1. The van der Waals surface area contributed by atoms with E-state index in [4.69, 9.17) is 15.6 Å². The Morgan fingerprint density at radius 1 is 1.62 bits per heavy atom. The standard InChI is InChI=1S/C8H17NO3.Ac/c1-3-7(4-6(2)10)12-8(11)5-9;/h6-7,10H,3-5,9H2,1-2H3;. The monoisotopic (exact) mass is 402 g/mol. The van der Waals surface area contributed by atoms with Crippen LogP contribution >= 0.6 is 0 Å². The quantitative estimate of drug-likeness (QED) is 0.638. The van der Waals surface area contributed by atoms with Crippen LogP contribution in [0.1, 0.15) is 26.7 Å². The van der Waals surface area contributed by atoms with E-state index in [0.717, 1.165) is 0 Å². The van der Waals surface area contributed by atoms with Gasteiger partial charge in [-0.1, -0.05) is 6.92 Å².